The number of ether oxygens (including phenoxy) is 2. The highest BCUT2D eigenvalue weighted by molar-refractivity contribution is 7.15. The van der Waals surface area contributed by atoms with Gasteiger partial charge in [-0.15, -0.1) is 0 Å². The summed E-state index contributed by atoms with van der Waals surface area (Å²) in [5, 5.41) is 3.29. The van der Waals surface area contributed by atoms with Crippen LogP contribution >= 0.6 is 11.3 Å². The minimum Gasteiger partial charge on any atom is -0.483 e. The Bertz CT molecular complexity index is 805. The standard InChI is InChI=1S/C18H21N3O4S/c1-3-24-18(23)21-9-8-13-15(10-21)26-17(19-13)20-16(22)11-25-14-7-5-4-6-12(14)2/h4-7H,3,8-11H2,1-2H3,(H,19,20,22). The van der Waals surface area contributed by atoms with E-state index >= 15 is 0 Å². The summed E-state index contributed by atoms with van der Waals surface area (Å²) in [6, 6.07) is 7.54. The average molecular weight is 375 g/mol. The van der Waals surface area contributed by atoms with Crippen molar-refractivity contribution in [2.24, 2.45) is 0 Å². The number of hydrogen-bond acceptors (Lipinski definition) is 6. The van der Waals surface area contributed by atoms with Crippen LogP contribution in [0.25, 0.3) is 0 Å². The molecule has 0 saturated carbocycles. The zero-order valence-corrected chi connectivity index (χ0v) is 15.6. The van der Waals surface area contributed by atoms with Gasteiger partial charge in [-0.1, -0.05) is 29.5 Å². The second kappa shape index (κ2) is 8.18. The Hall–Kier alpha value is -2.61. The van der Waals surface area contributed by atoms with Crippen LogP contribution in [0, 0.1) is 6.92 Å². The fraction of sp³-hybridized carbons (Fsp3) is 0.389. The van der Waals surface area contributed by atoms with Crippen molar-refractivity contribution in [3.63, 3.8) is 0 Å². The van der Waals surface area contributed by atoms with Crippen molar-refractivity contribution in [3.05, 3.63) is 40.4 Å². The van der Waals surface area contributed by atoms with E-state index in [1.807, 2.05) is 31.2 Å². The van der Waals surface area contributed by atoms with E-state index in [2.05, 4.69) is 10.3 Å². The van der Waals surface area contributed by atoms with E-state index in [-0.39, 0.29) is 18.6 Å². The number of aryl methyl sites for hydroxylation is 1. The first-order chi connectivity index (χ1) is 12.6. The van der Waals surface area contributed by atoms with E-state index in [4.69, 9.17) is 9.47 Å². The van der Waals surface area contributed by atoms with Gasteiger partial charge in [0.25, 0.3) is 5.91 Å². The van der Waals surface area contributed by atoms with Gasteiger partial charge >= 0.3 is 6.09 Å². The molecule has 1 N–H and O–H groups in total. The first-order valence-electron chi connectivity index (χ1n) is 8.45. The van der Waals surface area contributed by atoms with Gasteiger partial charge < -0.3 is 14.4 Å². The maximum atomic E-state index is 12.1. The number of hydrogen-bond donors (Lipinski definition) is 1. The monoisotopic (exact) mass is 375 g/mol. The molecule has 0 atom stereocenters. The number of carbonyl (C=O) groups excluding carboxylic acids is 2. The van der Waals surface area contributed by atoms with E-state index in [1.54, 1.807) is 11.8 Å². The predicted molar refractivity (Wildman–Crippen MR) is 98.6 cm³/mol. The molecule has 0 fully saturated rings. The zero-order valence-electron chi connectivity index (χ0n) is 14.8. The summed E-state index contributed by atoms with van der Waals surface area (Å²) in [5.74, 6) is 0.424. The van der Waals surface area contributed by atoms with Gasteiger partial charge in [-0.2, -0.15) is 0 Å². The van der Waals surface area contributed by atoms with Gasteiger partial charge in [0, 0.05) is 17.8 Å². The van der Waals surface area contributed by atoms with Crippen molar-refractivity contribution in [2.75, 3.05) is 25.1 Å². The highest BCUT2D eigenvalue weighted by Crippen LogP contribution is 2.28. The summed E-state index contributed by atoms with van der Waals surface area (Å²) in [7, 11) is 0. The molecular formula is C18H21N3O4S. The van der Waals surface area contributed by atoms with Crippen LogP contribution in [-0.4, -0.2) is 41.6 Å². The van der Waals surface area contributed by atoms with Crippen molar-refractivity contribution in [1.82, 2.24) is 9.88 Å². The lowest BCUT2D eigenvalue weighted by atomic mass is 10.2. The Morgan fingerprint density at radius 1 is 1.35 bits per heavy atom. The van der Waals surface area contributed by atoms with Crippen LogP contribution in [-0.2, 0) is 22.5 Å². The van der Waals surface area contributed by atoms with Crippen LogP contribution in [0.3, 0.4) is 0 Å². The molecule has 1 aliphatic heterocycles. The van der Waals surface area contributed by atoms with Crippen LogP contribution in [0.4, 0.5) is 9.93 Å². The molecule has 26 heavy (non-hydrogen) atoms. The molecule has 1 aliphatic rings. The highest BCUT2D eigenvalue weighted by Gasteiger charge is 2.25. The minimum absolute atomic E-state index is 0.0793. The normalized spacial score (nSPS) is 13.1. The number of nitrogens with zero attached hydrogens (tertiary/aromatic N) is 2. The number of benzene rings is 1. The lowest BCUT2D eigenvalue weighted by molar-refractivity contribution is -0.118. The van der Waals surface area contributed by atoms with Gasteiger partial charge in [0.1, 0.15) is 5.75 Å². The van der Waals surface area contributed by atoms with Gasteiger partial charge in [-0.25, -0.2) is 9.78 Å². The molecule has 0 bridgehead atoms. The van der Waals surface area contributed by atoms with Crippen LogP contribution in [0.15, 0.2) is 24.3 Å². The number of amides is 2. The number of anilines is 1. The van der Waals surface area contributed by atoms with Crippen molar-refractivity contribution in [2.45, 2.75) is 26.8 Å². The predicted octanol–water partition coefficient (Wildman–Crippen LogP) is 2.98. The van der Waals surface area contributed by atoms with Crippen LogP contribution in [0.2, 0.25) is 0 Å². The molecule has 2 amide bonds. The summed E-state index contributed by atoms with van der Waals surface area (Å²) in [4.78, 5) is 31.0. The number of para-hydroxylation sites is 1. The zero-order chi connectivity index (χ0) is 18.5. The van der Waals surface area contributed by atoms with Crippen molar-refractivity contribution in [3.8, 4) is 5.75 Å². The maximum absolute atomic E-state index is 12.1. The highest BCUT2D eigenvalue weighted by atomic mass is 32.1. The smallest absolute Gasteiger partial charge is 0.410 e. The molecule has 0 saturated heterocycles. The van der Waals surface area contributed by atoms with E-state index < -0.39 is 0 Å². The summed E-state index contributed by atoms with van der Waals surface area (Å²) in [5.41, 5.74) is 1.90. The third-order valence-corrected chi connectivity index (χ3v) is 4.95. The number of rotatable bonds is 5. The summed E-state index contributed by atoms with van der Waals surface area (Å²) < 4.78 is 10.6. The largest absolute Gasteiger partial charge is 0.483 e. The third-order valence-electron chi connectivity index (χ3n) is 3.96. The quantitative estimate of drug-likeness (QED) is 0.869. The van der Waals surface area contributed by atoms with Gasteiger partial charge in [0.05, 0.1) is 18.8 Å². The van der Waals surface area contributed by atoms with E-state index in [9.17, 15) is 9.59 Å². The molecule has 8 heteroatoms. The fourth-order valence-electron chi connectivity index (χ4n) is 2.64. The summed E-state index contributed by atoms with van der Waals surface area (Å²) in [6.45, 7) is 5.02. The van der Waals surface area contributed by atoms with E-state index in [0.717, 1.165) is 16.1 Å². The number of carbonyl (C=O) groups is 2. The number of thiazole rings is 1. The Labute approximate surface area is 155 Å². The second-order valence-corrected chi connectivity index (χ2v) is 6.95. The van der Waals surface area contributed by atoms with Crippen LogP contribution in [0.5, 0.6) is 5.75 Å². The Morgan fingerprint density at radius 3 is 2.92 bits per heavy atom. The summed E-state index contributed by atoms with van der Waals surface area (Å²) in [6.07, 6.45) is 0.337. The minimum atomic E-state index is -0.316. The Balaban J connectivity index is 1.56. The summed E-state index contributed by atoms with van der Waals surface area (Å²) >= 11 is 1.38. The van der Waals surface area contributed by atoms with E-state index in [1.165, 1.54) is 11.3 Å². The van der Waals surface area contributed by atoms with Crippen LogP contribution < -0.4 is 10.1 Å². The molecule has 0 spiro atoms. The van der Waals surface area contributed by atoms with Crippen molar-refractivity contribution < 1.29 is 19.1 Å². The fourth-order valence-corrected chi connectivity index (χ4v) is 3.68. The number of aromatic nitrogens is 1. The molecule has 0 radical (unpaired) electrons. The topological polar surface area (TPSA) is 80.8 Å². The number of fused-ring (bicyclic) bond motifs is 1. The first kappa shape index (κ1) is 18.2. The van der Waals surface area contributed by atoms with Gasteiger partial charge in [0.15, 0.2) is 11.7 Å². The Morgan fingerprint density at radius 2 is 2.15 bits per heavy atom. The molecule has 138 valence electrons. The molecule has 0 unspecified atom stereocenters. The van der Waals surface area contributed by atoms with Crippen LogP contribution in [0.1, 0.15) is 23.1 Å². The third kappa shape index (κ3) is 4.32. The van der Waals surface area contributed by atoms with Gasteiger partial charge in [-0.3, -0.25) is 10.1 Å². The van der Waals surface area contributed by atoms with E-state index in [0.29, 0.717) is 37.0 Å². The molecule has 2 heterocycles. The van der Waals surface area contributed by atoms with Crippen molar-refractivity contribution >= 4 is 28.5 Å². The molecule has 2 aromatic rings. The van der Waals surface area contributed by atoms with Crippen molar-refractivity contribution in [1.29, 1.82) is 0 Å². The average Bonchev–Trinajstić information content (AvgIpc) is 3.02. The van der Waals surface area contributed by atoms with Gasteiger partial charge in [-0.05, 0) is 25.5 Å². The number of nitrogens with one attached hydrogen (secondary N) is 1. The molecule has 7 nitrogen and oxygen atoms in total. The second-order valence-electron chi connectivity index (χ2n) is 5.86. The molecule has 3 rings (SSSR count). The Kier molecular flexibility index (Phi) is 5.72. The molecule has 1 aromatic heterocycles. The lowest BCUT2D eigenvalue weighted by Crippen LogP contribution is -2.35. The first-order valence-corrected chi connectivity index (χ1v) is 9.27. The molecule has 1 aromatic carbocycles. The molecular weight excluding hydrogens is 354 g/mol. The lowest BCUT2D eigenvalue weighted by Gasteiger charge is -2.24. The maximum Gasteiger partial charge on any atom is 0.410 e. The molecule has 0 aliphatic carbocycles. The van der Waals surface area contributed by atoms with Gasteiger partial charge in [0.2, 0.25) is 0 Å². The SMILES string of the molecule is CCOC(=O)N1CCc2nc(NC(=O)COc3ccccc3C)sc2C1.